The van der Waals surface area contributed by atoms with Crippen molar-refractivity contribution >= 4 is 17.9 Å². The van der Waals surface area contributed by atoms with Crippen LogP contribution < -0.4 is 68.9 Å². The van der Waals surface area contributed by atoms with Gasteiger partial charge in [0.05, 0.1) is 6.42 Å². The van der Waals surface area contributed by atoms with E-state index in [-0.39, 0.29) is 63.8 Å². The summed E-state index contributed by atoms with van der Waals surface area (Å²) in [6, 6.07) is 0. The van der Waals surface area contributed by atoms with E-state index in [4.69, 9.17) is 15.3 Å². The molecule has 0 aliphatic rings. The van der Waals surface area contributed by atoms with E-state index in [0.717, 1.165) is 0 Å². The molecule has 0 aliphatic heterocycles. The summed E-state index contributed by atoms with van der Waals surface area (Å²) in [4.78, 5) is 30.3. The zero-order valence-electron chi connectivity index (χ0n) is 8.77. The first-order chi connectivity index (χ1) is 5.78. The number of halogens is 1. The number of hydrogen-bond donors (Lipinski definition) is 3. The van der Waals surface area contributed by atoms with E-state index in [1.807, 2.05) is 0 Å². The molecule has 0 rings (SSSR count). The van der Waals surface area contributed by atoms with Crippen LogP contribution in [-0.4, -0.2) is 38.8 Å². The fourth-order valence-electron chi connectivity index (χ4n) is 0.703. The average molecular weight is 256 g/mol. The second-order valence-electron chi connectivity index (χ2n) is 2.46. The molecule has 0 radical (unpaired) electrons. The van der Waals surface area contributed by atoms with Crippen LogP contribution in [0.4, 0.5) is 0 Å². The van der Waals surface area contributed by atoms with Crippen molar-refractivity contribution in [3.63, 3.8) is 0 Å². The molecule has 0 heterocycles. The van der Waals surface area contributed by atoms with Crippen LogP contribution in [-0.2, 0) is 14.4 Å². The van der Waals surface area contributed by atoms with Gasteiger partial charge in [-0.05, 0) is 0 Å². The number of carboxylic acid groups (broad SMARTS) is 3. The zero-order valence-corrected chi connectivity index (χ0v) is 12.8. The normalized spacial score (nSPS) is 11.8. The third-order valence-corrected chi connectivity index (χ3v) is 1.28. The summed E-state index contributed by atoms with van der Waals surface area (Å²) >= 11 is 0. The third-order valence-electron chi connectivity index (χ3n) is 1.28. The maximum absolute atomic E-state index is 10.3. The summed E-state index contributed by atoms with van der Waals surface area (Å²) in [6.07, 6.45) is -2.44. The smallest absolute Gasteiger partial charge is 1.00 e. The van der Waals surface area contributed by atoms with Gasteiger partial charge >= 0.3 is 71.1 Å². The molecule has 7 nitrogen and oxygen atoms in total. The Morgan fingerprint density at radius 1 is 1.06 bits per heavy atom. The van der Waals surface area contributed by atoms with Crippen molar-refractivity contribution < 1.29 is 98.6 Å². The Bertz CT molecular complexity index is 241. The molecule has 0 aromatic heterocycles. The standard InChI is InChI=1S/C6H8O7.FH.2Na/c7-3(8)1-6(13,5(11)12)2-4(9)10;;;/h13H,1-2H2,(H,7,8)(H,9,10)(H,11,12);1H;;/q;;2*+1/p-2. The van der Waals surface area contributed by atoms with E-state index < -0.39 is 36.4 Å². The third kappa shape index (κ3) is 9.52. The molecular formula is C6H7FNa2O7. The van der Waals surface area contributed by atoms with Crippen LogP contribution in [0.25, 0.3) is 0 Å². The Balaban J connectivity index is -0.000000240. The Morgan fingerprint density at radius 3 is 1.62 bits per heavy atom. The van der Waals surface area contributed by atoms with Crippen LogP contribution in [0.2, 0.25) is 0 Å². The summed E-state index contributed by atoms with van der Waals surface area (Å²) in [7, 11) is 0. The minimum Gasteiger partial charge on any atom is -1.00 e. The molecule has 10 heteroatoms. The average Bonchev–Trinajstić information content (AvgIpc) is 1.82. The molecule has 82 valence electrons. The van der Waals surface area contributed by atoms with Crippen molar-refractivity contribution in [1.82, 2.24) is 0 Å². The van der Waals surface area contributed by atoms with E-state index in [1.54, 1.807) is 0 Å². The predicted molar refractivity (Wildman–Crippen MR) is 34.5 cm³/mol. The topological polar surface area (TPSA) is 135 Å². The molecule has 0 aromatic rings. The molecule has 16 heavy (non-hydrogen) atoms. The van der Waals surface area contributed by atoms with Gasteiger partial charge in [-0.3, -0.25) is 4.79 Å². The largest absolute Gasteiger partial charge is 1.00 e. The molecule has 1 atom stereocenters. The fourth-order valence-corrected chi connectivity index (χ4v) is 0.703. The van der Waals surface area contributed by atoms with E-state index in [0.29, 0.717) is 0 Å². The van der Waals surface area contributed by atoms with Gasteiger partial charge in [-0.25, -0.2) is 4.79 Å². The monoisotopic (exact) mass is 256 g/mol. The minimum absolute atomic E-state index is 0. The molecule has 0 fully saturated rings. The Hall–Kier alpha value is 0.300. The molecule has 0 saturated carbocycles. The second-order valence-corrected chi connectivity index (χ2v) is 2.46. The number of aliphatic carboxylic acids is 3. The van der Waals surface area contributed by atoms with Crippen LogP contribution in [0.5, 0.6) is 0 Å². The first-order valence-corrected chi connectivity index (χ1v) is 3.15. The van der Waals surface area contributed by atoms with Gasteiger partial charge in [-0.1, -0.05) is 0 Å². The van der Waals surface area contributed by atoms with Gasteiger partial charge in [0.1, 0.15) is 0 Å². The summed E-state index contributed by atoms with van der Waals surface area (Å²) < 4.78 is 0. The van der Waals surface area contributed by atoms with Crippen LogP contribution in [0.15, 0.2) is 0 Å². The van der Waals surface area contributed by atoms with Crippen molar-refractivity contribution in [2.45, 2.75) is 18.4 Å². The molecule has 0 aromatic carbocycles. The molecule has 0 amide bonds. The van der Waals surface area contributed by atoms with Gasteiger partial charge in [-0.2, -0.15) is 0 Å². The maximum atomic E-state index is 10.3. The van der Waals surface area contributed by atoms with E-state index in [1.165, 1.54) is 0 Å². The second kappa shape index (κ2) is 10.5. The summed E-state index contributed by atoms with van der Waals surface area (Å²) in [5, 5.41) is 35.5. The van der Waals surface area contributed by atoms with Gasteiger partial charge < -0.3 is 29.9 Å². The Kier molecular flexibility index (Phi) is 16.5. The van der Waals surface area contributed by atoms with Crippen LogP contribution in [0, 0.1) is 0 Å². The zero-order chi connectivity index (χ0) is 10.6. The molecule has 0 spiro atoms. The number of carbonyl (C=O) groups excluding carboxylic acids is 1. The first kappa shape index (κ1) is 25.2. The quantitative estimate of drug-likeness (QED) is 0.415. The van der Waals surface area contributed by atoms with Gasteiger partial charge in [0, 0.05) is 12.4 Å². The number of aliphatic hydroxyl groups is 1. The summed E-state index contributed by atoms with van der Waals surface area (Å²) in [5.74, 6) is -5.34. The van der Waals surface area contributed by atoms with Crippen molar-refractivity contribution in [1.29, 1.82) is 0 Å². The van der Waals surface area contributed by atoms with Gasteiger partial charge in [-0.15, -0.1) is 0 Å². The van der Waals surface area contributed by atoms with Crippen LogP contribution >= 0.6 is 0 Å². The Morgan fingerprint density at radius 2 is 1.44 bits per heavy atom. The van der Waals surface area contributed by atoms with Crippen LogP contribution in [0.1, 0.15) is 12.8 Å². The van der Waals surface area contributed by atoms with E-state index in [9.17, 15) is 19.5 Å². The molecule has 3 N–H and O–H groups in total. The molecule has 0 aliphatic carbocycles. The van der Waals surface area contributed by atoms with E-state index >= 15 is 0 Å². The fraction of sp³-hybridized carbons (Fsp3) is 0.500. The number of carbonyl (C=O) groups is 3. The number of rotatable bonds is 5. The molecule has 1 unspecified atom stereocenters. The van der Waals surface area contributed by atoms with Crippen molar-refractivity contribution in [2.24, 2.45) is 0 Å². The minimum atomic E-state index is -2.80. The SMILES string of the molecule is O=C([O-])CC(O)(CC(=O)O)C(=O)O.[F-].[Na+].[Na+]. The first-order valence-electron chi connectivity index (χ1n) is 3.15. The van der Waals surface area contributed by atoms with Crippen molar-refractivity contribution in [2.75, 3.05) is 0 Å². The van der Waals surface area contributed by atoms with Gasteiger partial charge in [0.2, 0.25) is 0 Å². The summed E-state index contributed by atoms with van der Waals surface area (Å²) in [5.41, 5.74) is -2.80. The summed E-state index contributed by atoms with van der Waals surface area (Å²) in [6.45, 7) is 0. The van der Waals surface area contributed by atoms with Crippen molar-refractivity contribution in [3.8, 4) is 0 Å². The maximum Gasteiger partial charge on any atom is 1.00 e. The van der Waals surface area contributed by atoms with Gasteiger partial charge in [0.25, 0.3) is 0 Å². The number of carboxylic acids is 3. The molecular weight excluding hydrogens is 249 g/mol. The van der Waals surface area contributed by atoms with Gasteiger partial charge in [0.15, 0.2) is 5.60 Å². The van der Waals surface area contributed by atoms with E-state index in [2.05, 4.69) is 0 Å². The number of hydrogen-bond acceptors (Lipinski definition) is 5. The Labute approximate surface area is 134 Å². The van der Waals surface area contributed by atoms with Crippen molar-refractivity contribution in [3.05, 3.63) is 0 Å². The predicted octanol–water partition coefficient (Wildman–Crippen LogP) is -11.6. The molecule has 0 saturated heterocycles. The van der Waals surface area contributed by atoms with Crippen LogP contribution in [0.3, 0.4) is 0 Å². The molecule has 0 bridgehead atoms.